The first-order valence-electron chi connectivity index (χ1n) is 5.64. The largest absolute Gasteiger partial charge is 0.389 e. The van der Waals surface area contributed by atoms with Gasteiger partial charge in [0.2, 0.25) is 0 Å². The molecule has 98 valence electrons. The van der Waals surface area contributed by atoms with E-state index in [1.807, 2.05) is 42.5 Å². The van der Waals surface area contributed by atoms with Crippen LogP contribution < -0.4 is 11.1 Å². The van der Waals surface area contributed by atoms with Crippen LogP contribution in [0.25, 0.3) is 0 Å². The molecule has 0 spiro atoms. The van der Waals surface area contributed by atoms with Crippen LogP contribution in [0.4, 0.5) is 5.69 Å². The van der Waals surface area contributed by atoms with Gasteiger partial charge < -0.3 is 11.1 Å². The summed E-state index contributed by atoms with van der Waals surface area (Å²) in [7, 11) is 0. The highest BCUT2D eigenvalue weighted by atomic mass is 79.9. The van der Waals surface area contributed by atoms with Crippen LogP contribution >= 0.6 is 39.7 Å². The van der Waals surface area contributed by atoms with Crippen molar-refractivity contribution in [3.05, 3.63) is 63.1 Å². The molecule has 2 nitrogen and oxygen atoms in total. The normalized spacial score (nSPS) is 10.2. The minimum absolute atomic E-state index is 0.379. The van der Waals surface area contributed by atoms with E-state index in [4.69, 9.17) is 29.6 Å². The maximum Gasteiger partial charge on any atom is 0.105 e. The highest BCUT2D eigenvalue weighted by Gasteiger charge is 2.04. The number of benzene rings is 2. The third-order valence-corrected chi connectivity index (χ3v) is 3.92. The Morgan fingerprint density at radius 3 is 2.63 bits per heavy atom. The molecule has 5 heteroatoms. The first-order chi connectivity index (χ1) is 9.08. The van der Waals surface area contributed by atoms with Crippen molar-refractivity contribution in [3.63, 3.8) is 0 Å². The van der Waals surface area contributed by atoms with E-state index >= 15 is 0 Å². The third kappa shape index (κ3) is 3.69. The minimum atomic E-state index is 0.379. The van der Waals surface area contributed by atoms with Crippen molar-refractivity contribution in [1.82, 2.24) is 0 Å². The fourth-order valence-corrected chi connectivity index (χ4v) is 2.77. The average molecular weight is 356 g/mol. The number of nitrogens with two attached hydrogens (primary N) is 1. The van der Waals surface area contributed by atoms with E-state index in [0.29, 0.717) is 11.5 Å². The Kier molecular flexibility index (Phi) is 4.80. The van der Waals surface area contributed by atoms with Gasteiger partial charge in [0.05, 0.1) is 0 Å². The topological polar surface area (TPSA) is 38.0 Å². The van der Waals surface area contributed by atoms with E-state index in [-0.39, 0.29) is 0 Å². The molecule has 0 saturated heterocycles. The standard InChI is InChI=1S/C14H12BrClN2S/c15-12-7-10(5-6-11(12)14(17)19)18-8-9-3-1-2-4-13(9)16/h1-7,18H,8H2,(H2,17,19). The van der Waals surface area contributed by atoms with Crippen molar-refractivity contribution in [2.75, 3.05) is 5.32 Å². The first-order valence-corrected chi connectivity index (χ1v) is 7.22. The lowest BCUT2D eigenvalue weighted by Gasteiger charge is -2.10. The maximum absolute atomic E-state index is 6.11. The van der Waals surface area contributed by atoms with Gasteiger partial charge in [-0.2, -0.15) is 0 Å². The molecule has 2 aromatic rings. The van der Waals surface area contributed by atoms with Crippen molar-refractivity contribution < 1.29 is 0 Å². The molecule has 0 aliphatic carbocycles. The number of anilines is 1. The Labute approximate surface area is 131 Å². The summed E-state index contributed by atoms with van der Waals surface area (Å²) in [6, 6.07) is 13.5. The monoisotopic (exact) mass is 354 g/mol. The maximum atomic E-state index is 6.11. The zero-order chi connectivity index (χ0) is 13.8. The fourth-order valence-electron chi connectivity index (χ4n) is 1.66. The average Bonchev–Trinajstić information content (AvgIpc) is 2.37. The molecular formula is C14H12BrClN2S. The molecule has 0 unspecified atom stereocenters. The third-order valence-electron chi connectivity index (χ3n) is 2.68. The lowest BCUT2D eigenvalue weighted by molar-refractivity contribution is 1.15. The van der Waals surface area contributed by atoms with E-state index in [1.165, 1.54) is 0 Å². The number of rotatable bonds is 4. The zero-order valence-corrected chi connectivity index (χ0v) is 13.1. The molecule has 3 N–H and O–H groups in total. The van der Waals surface area contributed by atoms with Gasteiger partial charge in [0.15, 0.2) is 0 Å². The molecule has 0 amide bonds. The lowest BCUT2D eigenvalue weighted by atomic mass is 10.2. The molecule has 0 radical (unpaired) electrons. The van der Waals surface area contributed by atoms with E-state index in [1.54, 1.807) is 0 Å². The second-order valence-electron chi connectivity index (χ2n) is 4.00. The van der Waals surface area contributed by atoms with Crippen LogP contribution in [0.5, 0.6) is 0 Å². The molecule has 0 aromatic heterocycles. The molecule has 0 fully saturated rings. The van der Waals surface area contributed by atoms with Crippen molar-refractivity contribution in [2.45, 2.75) is 6.54 Å². The summed E-state index contributed by atoms with van der Waals surface area (Å²) in [6.45, 7) is 0.665. The molecule has 2 aromatic carbocycles. The predicted octanol–water partition coefficient (Wildman–Crippen LogP) is 4.35. The van der Waals surface area contributed by atoms with E-state index in [0.717, 1.165) is 26.3 Å². The minimum Gasteiger partial charge on any atom is -0.389 e. The molecule has 0 heterocycles. The van der Waals surface area contributed by atoms with Gasteiger partial charge in [-0.1, -0.05) is 42.0 Å². The number of nitrogens with one attached hydrogen (secondary N) is 1. The second kappa shape index (κ2) is 6.37. The van der Waals surface area contributed by atoms with Crippen LogP contribution in [0.1, 0.15) is 11.1 Å². The number of hydrogen-bond donors (Lipinski definition) is 2. The Balaban J connectivity index is 2.11. The van der Waals surface area contributed by atoms with Crippen LogP contribution in [0.15, 0.2) is 46.9 Å². The summed E-state index contributed by atoms with van der Waals surface area (Å²) in [6.07, 6.45) is 0. The number of thiocarbonyl (C=S) groups is 1. The van der Waals surface area contributed by atoms with Gasteiger partial charge in [-0.3, -0.25) is 0 Å². The van der Waals surface area contributed by atoms with Crippen LogP contribution in [-0.2, 0) is 6.54 Å². The lowest BCUT2D eigenvalue weighted by Crippen LogP contribution is -2.10. The Morgan fingerprint density at radius 2 is 2.00 bits per heavy atom. The van der Waals surface area contributed by atoms with Gasteiger partial charge in [0.1, 0.15) is 4.99 Å². The first kappa shape index (κ1) is 14.3. The van der Waals surface area contributed by atoms with E-state index in [9.17, 15) is 0 Å². The highest BCUT2D eigenvalue weighted by Crippen LogP contribution is 2.23. The van der Waals surface area contributed by atoms with Gasteiger partial charge in [0, 0.05) is 27.3 Å². The van der Waals surface area contributed by atoms with Crippen molar-refractivity contribution >= 4 is 50.4 Å². The summed E-state index contributed by atoms with van der Waals surface area (Å²) in [5, 5.41) is 4.07. The van der Waals surface area contributed by atoms with E-state index < -0.39 is 0 Å². The van der Waals surface area contributed by atoms with Crippen LogP contribution in [0.2, 0.25) is 5.02 Å². The predicted molar refractivity (Wildman–Crippen MR) is 88.8 cm³/mol. The quantitative estimate of drug-likeness (QED) is 0.801. The van der Waals surface area contributed by atoms with Crippen molar-refractivity contribution in [1.29, 1.82) is 0 Å². The number of hydrogen-bond acceptors (Lipinski definition) is 2. The molecule has 0 bridgehead atoms. The number of halogens is 2. The summed E-state index contributed by atoms with van der Waals surface area (Å²) < 4.78 is 0.879. The van der Waals surface area contributed by atoms with Gasteiger partial charge >= 0.3 is 0 Å². The van der Waals surface area contributed by atoms with Crippen molar-refractivity contribution in [2.24, 2.45) is 5.73 Å². The van der Waals surface area contributed by atoms with Gasteiger partial charge in [-0.25, -0.2) is 0 Å². The SMILES string of the molecule is NC(=S)c1ccc(NCc2ccccc2Cl)cc1Br. The van der Waals surface area contributed by atoms with Gasteiger partial charge in [-0.15, -0.1) is 0 Å². The summed E-state index contributed by atoms with van der Waals surface area (Å²) in [5.74, 6) is 0. The fraction of sp³-hybridized carbons (Fsp3) is 0.0714. The summed E-state index contributed by atoms with van der Waals surface area (Å²) in [4.78, 5) is 0.379. The highest BCUT2D eigenvalue weighted by molar-refractivity contribution is 9.10. The molecule has 0 aliphatic heterocycles. The Hall–Kier alpha value is -1.10. The Bertz CT molecular complexity index is 616. The second-order valence-corrected chi connectivity index (χ2v) is 5.71. The van der Waals surface area contributed by atoms with Crippen LogP contribution in [-0.4, -0.2) is 4.99 Å². The van der Waals surface area contributed by atoms with Gasteiger partial charge in [0.25, 0.3) is 0 Å². The van der Waals surface area contributed by atoms with Crippen LogP contribution in [0.3, 0.4) is 0 Å². The molecule has 2 rings (SSSR count). The molecule has 0 saturated carbocycles. The van der Waals surface area contributed by atoms with Gasteiger partial charge in [-0.05, 0) is 45.8 Å². The smallest absolute Gasteiger partial charge is 0.105 e. The molecule has 0 aliphatic rings. The van der Waals surface area contributed by atoms with E-state index in [2.05, 4.69) is 21.2 Å². The molecular weight excluding hydrogens is 344 g/mol. The van der Waals surface area contributed by atoms with Crippen molar-refractivity contribution in [3.8, 4) is 0 Å². The summed E-state index contributed by atoms with van der Waals surface area (Å²) in [5.41, 5.74) is 8.48. The summed E-state index contributed by atoms with van der Waals surface area (Å²) >= 11 is 14.5. The molecule has 0 atom stereocenters. The molecule has 19 heavy (non-hydrogen) atoms. The van der Waals surface area contributed by atoms with Crippen LogP contribution in [0, 0.1) is 0 Å². The zero-order valence-electron chi connectivity index (χ0n) is 9.99. The Morgan fingerprint density at radius 1 is 1.26 bits per heavy atom.